The van der Waals surface area contributed by atoms with Crippen molar-refractivity contribution in [2.45, 2.75) is 24.8 Å². The normalized spacial score (nSPS) is 11.7. The molecule has 0 bridgehead atoms. The fourth-order valence-electron chi connectivity index (χ4n) is 4.65. The maximum atomic E-state index is 13.2. The number of hydrogen-bond acceptors (Lipinski definition) is 10. The molecule has 0 aliphatic heterocycles. The average molecular weight is 654 g/mol. The molecular formula is C31H32FN5O6S2. The van der Waals surface area contributed by atoms with E-state index in [1.807, 2.05) is 31.2 Å². The molecule has 0 aliphatic rings. The number of rotatable bonds is 14. The van der Waals surface area contributed by atoms with Crippen molar-refractivity contribution in [3.05, 3.63) is 77.4 Å². The smallest absolute Gasteiger partial charge is 0.240 e. The minimum absolute atomic E-state index is 0.0201. The van der Waals surface area contributed by atoms with Crippen molar-refractivity contribution in [3.8, 4) is 16.3 Å². The molecule has 0 atom stereocenters. The lowest BCUT2D eigenvalue weighted by atomic mass is 10.1. The summed E-state index contributed by atoms with van der Waals surface area (Å²) in [4.78, 5) is 26.9. The summed E-state index contributed by atoms with van der Waals surface area (Å²) < 4.78 is 57.6. The molecule has 1 amide bonds. The van der Waals surface area contributed by atoms with Gasteiger partial charge in [-0.3, -0.25) is 9.78 Å². The number of nitrogens with one attached hydrogen (secondary N) is 2. The maximum absolute atomic E-state index is 13.2. The quantitative estimate of drug-likeness (QED) is 0.169. The van der Waals surface area contributed by atoms with Crippen LogP contribution in [-0.2, 0) is 37.3 Å². The summed E-state index contributed by atoms with van der Waals surface area (Å²) >= 11 is 1.45. The van der Waals surface area contributed by atoms with Crippen molar-refractivity contribution in [1.82, 2.24) is 25.0 Å². The van der Waals surface area contributed by atoms with E-state index in [9.17, 15) is 17.6 Å². The Labute approximate surface area is 263 Å². The predicted molar refractivity (Wildman–Crippen MR) is 169 cm³/mol. The molecule has 2 aromatic heterocycles. The first-order valence-corrected chi connectivity index (χ1v) is 16.3. The number of amides is 1. The third kappa shape index (κ3) is 7.96. The Bertz CT molecular complexity index is 1930. The number of thiazole rings is 1. The molecule has 0 saturated carbocycles. The Morgan fingerprint density at radius 2 is 1.78 bits per heavy atom. The zero-order valence-corrected chi connectivity index (χ0v) is 26.6. The van der Waals surface area contributed by atoms with Crippen LogP contribution in [0.2, 0.25) is 0 Å². The number of ether oxygens (including phenoxy) is 3. The molecule has 2 N–H and O–H groups in total. The van der Waals surface area contributed by atoms with Crippen LogP contribution >= 0.6 is 11.3 Å². The van der Waals surface area contributed by atoms with E-state index in [2.05, 4.69) is 15.0 Å². The number of methoxy groups -OCH3 is 2. The third-order valence-corrected chi connectivity index (χ3v) is 9.23. The molecule has 0 saturated heterocycles. The van der Waals surface area contributed by atoms with Crippen molar-refractivity contribution in [1.29, 1.82) is 0 Å². The lowest BCUT2D eigenvalue weighted by Gasteiger charge is -2.09. The minimum atomic E-state index is -3.80. The summed E-state index contributed by atoms with van der Waals surface area (Å²) in [6.45, 7) is 3.16. The van der Waals surface area contributed by atoms with Gasteiger partial charge < -0.3 is 19.5 Å². The highest BCUT2D eigenvalue weighted by molar-refractivity contribution is 7.89. The fourth-order valence-corrected chi connectivity index (χ4v) is 6.75. The van der Waals surface area contributed by atoms with Crippen LogP contribution in [0.5, 0.6) is 5.75 Å². The third-order valence-electron chi connectivity index (χ3n) is 6.72. The van der Waals surface area contributed by atoms with E-state index >= 15 is 0 Å². The summed E-state index contributed by atoms with van der Waals surface area (Å²) in [6.07, 6.45) is 1.82. The van der Waals surface area contributed by atoms with Gasteiger partial charge in [-0.1, -0.05) is 0 Å². The fraction of sp³-hybridized carbons (Fsp3) is 0.290. The summed E-state index contributed by atoms with van der Waals surface area (Å²) in [5.41, 5.74) is 5.13. The van der Waals surface area contributed by atoms with E-state index in [1.165, 1.54) is 23.5 Å². The molecule has 0 spiro atoms. The number of halogens is 1. The van der Waals surface area contributed by atoms with Gasteiger partial charge in [0.2, 0.25) is 15.9 Å². The molecule has 11 nitrogen and oxygen atoms in total. The second-order valence-electron chi connectivity index (χ2n) is 10.1. The molecular weight excluding hydrogens is 622 g/mol. The van der Waals surface area contributed by atoms with Crippen LogP contribution < -0.4 is 14.8 Å². The molecule has 0 unspecified atom stereocenters. The monoisotopic (exact) mass is 653 g/mol. The maximum Gasteiger partial charge on any atom is 0.240 e. The van der Waals surface area contributed by atoms with Crippen molar-refractivity contribution in [2.24, 2.45) is 0 Å². The Kier molecular flexibility index (Phi) is 10.3. The highest BCUT2D eigenvalue weighted by atomic mass is 32.2. The van der Waals surface area contributed by atoms with Gasteiger partial charge in [-0.2, -0.15) is 0 Å². The number of hydrogen-bond donors (Lipinski definition) is 2. The van der Waals surface area contributed by atoms with E-state index in [1.54, 1.807) is 20.4 Å². The van der Waals surface area contributed by atoms with Crippen LogP contribution in [0.1, 0.15) is 16.8 Å². The summed E-state index contributed by atoms with van der Waals surface area (Å²) in [6, 6.07) is 12.1. The molecule has 0 fully saturated rings. The number of sulfonamides is 1. The molecule has 0 aliphatic carbocycles. The van der Waals surface area contributed by atoms with Crippen molar-refractivity contribution < 1.29 is 31.8 Å². The number of carbonyl (C=O) groups is 1. The number of aryl methyl sites for hydroxylation is 1. The Morgan fingerprint density at radius 3 is 2.53 bits per heavy atom. The van der Waals surface area contributed by atoms with Crippen molar-refractivity contribution in [2.75, 3.05) is 40.5 Å². The number of aromatic nitrogens is 3. The number of nitrogens with zero attached hydrogens (tertiary/aromatic N) is 3. The average Bonchev–Trinajstić information content (AvgIpc) is 3.44. The standard InChI is InChI=1S/C31H32FN5O6S2/c1-19-12-23(43-11-9-35-45(39,40)24-6-4-21(32)5-7-24)16-27-29(19)37-31(44-27)25-13-20(15-28(38)33-8-10-41-2)14-26-30(25)34-17-22(36-26)18-42-3/h4-7,12-14,16-17,35H,8-11,15,18H2,1-3H3,(H,33,38). The Hall–Kier alpha value is -4.08. The zero-order chi connectivity index (χ0) is 32.0. The Balaban J connectivity index is 1.38. The topological polar surface area (TPSA) is 142 Å². The van der Waals surface area contributed by atoms with E-state index in [4.69, 9.17) is 24.2 Å². The minimum Gasteiger partial charge on any atom is -0.492 e. The lowest BCUT2D eigenvalue weighted by Crippen LogP contribution is -2.28. The second-order valence-corrected chi connectivity index (χ2v) is 12.9. The molecule has 5 rings (SSSR count). The van der Waals surface area contributed by atoms with Gasteiger partial charge in [0.15, 0.2) is 0 Å². The summed E-state index contributed by atoms with van der Waals surface area (Å²) in [5.74, 6) is -0.0906. The number of fused-ring (bicyclic) bond motifs is 2. The molecule has 2 heterocycles. The van der Waals surface area contributed by atoms with Crippen LogP contribution in [0.3, 0.4) is 0 Å². The van der Waals surface area contributed by atoms with E-state index in [0.717, 1.165) is 39.0 Å². The van der Waals surface area contributed by atoms with Gasteiger partial charge in [-0.15, -0.1) is 11.3 Å². The van der Waals surface area contributed by atoms with Gasteiger partial charge in [0.25, 0.3) is 0 Å². The summed E-state index contributed by atoms with van der Waals surface area (Å²) in [7, 11) is -0.629. The van der Waals surface area contributed by atoms with Crippen molar-refractivity contribution in [3.63, 3.8) is 0 Å². The van der Waals surface area contributed by atoms with E-state index in [0.29, 0.717) is 47.2 Å². The van der Waals surface area contributed by atoms with Crippen LogP contribution in [0.4, 0.5) is 4.39 Å². The van der Waals surface area contributed by atoms with Gasteiger partial charge in [0, 0.05) is 32.9 Å². The predicted octanol–water partition coefficient (Wildman–Crippen LogP) is 4.16. The van der Waals surface area contributed by atoms with Crippen LogP contribution in [0.25, 0.3) is 31.8 Å². The first kappa shape index (κ1) is 32.3. The van der Waals surface area contributed by atoms with Crippen molar-refractivity contribution >= 4 is 48.5 Å². The molecule has 45 heavy (non-hydrogen) atoms. The highest BCUT2D eigenvalue weighted by Gasteiger charge is 2.18. The number of carbonyl (C=O) groups excluding carboxylic acids is 1. The molecule has 14 heteroatoms. The SMILES string of the molecule is COCCNC(=O)Cc1cc(-c2nc3c(C)cc(OCCNS(=O)(=O)c4ccc(F)cc4)cc3s2)c2ncc(COC)nc2c1. The molecule has 236 valence electrons. The largest absolute Gasteiger partial charge is 0.492 e. The lowest BCUT2D eigenvalue weighted by molar-refractivity contribution is -0.120. The van der Waals surface area contributed by atoms with Crippen LogP contribution in [0.15, 0.2) is 59.6 Å². The van der Waals surface area contributed by atoms with Gasteiger partial charge in [-0.25, -0.2) is 27.5 Å². The first-order chi connectivity index (χ1) is 21.7. The zero-order valence-electron chi connectivity index (χ0n) is 24.9. The molecule has 5 aromatic rings. The van der Waals surface area contributed by atoms with E-state index < -0.39 is 15.8 Å². The van der Waals surface area contributed by atoms with Crippen LogP contribution in [0, 0.1) is 12.7 Å². The molecule has 0 radical (unpaired) electrons. The van der Waals surface area contributed by atoms with Gasteiger partial charge >= 0.3 is 0 Å². The van der Waals surface area contributed by atoms with E-state index in [-0.39, 0.29) is 30.4 Å². The second kappa shape index (κ2) is 14.3. The first-order valence-electron chi connectivity index (χ1n) is 14.0. The number of benzene rings is 3. The summed E-state index contributed by atoms with van der Waals surface area (Å²) in [5, 5.41) is 3.55. The van der Waals surface area contributed by atoms with Gasteiger partial charge in [-0.05, 0) is 66.6 Å². The molecule has 3 aromatic carbocycles. The highest BCUT2D eigenvalue weighted by Crippen LogP contribution is 2.37. The Morgan fingerprint density at radius 1 is 0.978 bits per heavy atom. The van der Waals surface area contributed by atoms with Gasteiger partial charge in [0.05, 0.1) is 57.7 Å². The van der Waals surface area contributed by atoms with Gasteiger partial charge in [0.1, 0.15) is 23.2 Å². The van der Waals surface area contributed by atoms with Crippen LogP contribution in [-0.4, -0.2) is 69.8 Å².